The zero-order valence-electron chi connectivity index (χ0n) is 22.6. The minimum absolute atomic E-state index is 0.0427. The minimum atomic E-state index is -0.893. The molecule has 42 heavy (non-hydrogen) atoms. The molecule has 0 fully saturated rings. The highest BCUT2D eigenvalue weighted by atomic mass is 32.1. The quantitative estimate of drug-likeness (QED) is 0.289. The molecule has 0 saturated carbocycles. The third-order valence-corrected chi connectivity index (χ3v) is 7.96. The number of fused-ring (bicyclic) bond motifs is 2. The summed E-state index contributed by atoms with van der Waals surface area (Å²) in [5.74, 6) is -1.24. The van der Waals surface area contributed by atoms with E-state index in [1.807, 2.05) is 35.7 Å². The van der Waals surface area contributed by atoms with E-state index in [0.29, 0.717) is 34.3 Å². The molecule has 1 N–H and O–H groups in total. The lowest BCUT2D eigenvalue weighted by molar-refractivity contribution is -0.138. The number of aromatic nitrogens is 1. The summed E-state index contributed by atoms with van der Waals surface area (Å²) in [7, 11) is 0. The standard InChI is InChI=1S/C31H26N4O6S/c1-2-23(30(38)32-20-12-13-25-26(14-20)41-18-40-25)34(15-27-33-22(17-42-27)19-8-4-3-5-9-19)28(36)16-35-24-11-7-6-10-21(24)29(37)31(35)39/h3-14,17,23H,2,15-16,18H2,1H3,(H,32,38). The number of thiazole rings is 1. The molecular weight excluding hydrogens is 556 g/mol. The number of amides is 3. The van der Waals surface area contributed by atoms with E-state index in [1.54, 1.807) is 49.4 Å². The average Bonchev–Trinajstić information content (AvgIpc) is 3.73. The molecule has 2 aliphatic heterocycles. The molecule has 11 heteroatoms. The van der Waals surface area contributed by atoms with E-state index >= 15 is 0 Å². The van der Waals surface area contributed by atoms with Crippen LogP contribution in [-0.2, 0) is 20.9 Å². The molecule has 3 amide bonds. The van der Waals surface area contributed by atoms with Crippen molar-refractivity contribution in [2.24, 2.45) is 0 Å². The van der Waals surface area contributed by atoms with Crippen molar-refractivity contribution >= 4 is 46.2 Å². The fourth-order valence-corrected chi connectivity index (χ4v) is 5.82. The van der Waals surface area contributed by atoms with Crippen molar-refractivity contribution in [1.29, 1.82) is 0 Å². The van der Waals surface area contributed by atoms with Crippen molar-refractivity contribution in [3.63, 3.8) is 0 Å². The summed E-state index contributed by atoms with van der Waals surface area (Å²) in [6, 6.07) is 20.4. The molecule has 10 nitrogen and oxygen atoms in total. The van der Waals surface area contributed by atoms with Gasteiger partial charge in [0, 0.05) is 22.7 Å². The van der Waals surface area contributed by atoms with E-state index in [-0.39, 0.29) is 18.9 Å². The summed E-state index contributed by atoms with van der Waals surface area (Å²) in [6.45, 7) is 1.56. The van der Waals surface area contributed by atoms with Crippen LogP contribution in [0.4, 0.5) is 11.4 Å². The Hall–Kier alpha value is -5.03. The number of anilines is 2. The number of benzene rings is 3. The van der Waals surface area contributed by atoms with Crippen LogP contribution in [0.2, 0.25) is 0 Å². The van der Waals surface area contributed by atoms with Crippen LogP contribution in [0, 0.1) is 0 Å². The molecule has 1 unspecified atom stereocenters. The first kappa shape index (κ1) is 27.2. The molecule has 3 heterocycles. The number of para-hydroxylation sites is 1. The number of hydrogen-bond donors (Lipinski definition) is 1. The first-order chi connectivity index (χ1) is 20.4. The SMILES string of the molecule is CCC(C(=O)Nc1ccc2c(c1)OCO2)N(Cc1nc(-c2ccccc2)cs1)C(=O)CN1C(=O)C(=O)c2ccccc21. The van der Waals surface area contributed by atoms with Gasteiger partial charge in [-0.25, -0.2) is 4.98 Å². The Morgan fingerprint density at radius 3 is 2.60 bits per heavy atom. The van der Waals surface area contributed by atoms with Crippen molar-refractivity contribution in [3.05, 3.63) is 88.7 Å². The van der Waals surface area contributed by atoms with Gasteiger partial charge < -0.3 is 19.7 Å². The van der Waals surface area contributed by atoms with E-state index in [4.69, 9.17) is 14.5 Å². The lowest BCUT2D eigenvalue weighted by Crippen LogP contribution is -2.50. The second-order valence-corrected chi connectivity index (χ2v) is 10.7. The zero-order valence-corrected chi connectivity index (χ0v) is 23.4. The van der Waals surface area contributed by atoms with Crippen LogP contribution in [0.3, 0.4) is 0 Å². The van der Waals surface area contributed by atoms with Crippen molar-refractivity contribution in [3.8, 4) is 22.8 Å². The fraction of sp³-hybridized carbons (Fsp3) is 0.194. The third-order valence-electron chi connectivity index (χ3n) is 7.13. The van der Waals surface area contributed by atoms with Crippen molar-refractivity contribution in [2.75, 3.05) is 23.6 Å². The summed E-state index contributed by atoms with van der Waals surface area (Å²) < 4.78 is 10.8. The Morgan fingerprint density at radius 1 is 1.02 bits per heavy atom. The number of hydrogen-bond acceptors (Lipinski definition) is 8. The van der Waals surface area contributed by atoms with Crippen molar-refractivity contribution < 1.29 is 28.7 Å². The van der Waals surface area contributed by atoms with E-state index < -0.39 is 36.1 Å². The Morgan fingerprint density at radius 2 is 1.79 bits per heavy atom. The fourth-order valence-electron chi connectivity index (χ4n) is 5.02. The van der Waals surface area contributed by atoms with Gasteiger partial charge in [0.15, 0.2) is 11.5 Å². The predicted molar refractivity (Wildman–Crippen MR) is 156 cm³/mol. The van der Waals surface area contributed by atoms with Gasteiger partial charge in [-0.2, -0.15) is 0 Å². The molecule has 6 rings (SSSR count). The van der Waals surface area contributed by atoms with Crippen LogP contribution in [0.1, 0.15) is 28.7 Å². The van der Waals surface area contributed by atoms with Crippen LogP contribution in [0.15, 0.2) is 78.2 Å². The van der Waals surface area contributed by atoms with Crippen LogP contribution in [0.5, 0.6) is 11.5 Å². The van der Waals surface area contributed by atoms with Gasteiger partial charge in [0.25, 0.3) is 11.7 Å². The molecule has 4 aromatic rings. The van der Waals surface area contributed by atoms with E-state index in [0.717, 1.165) is 11.3 Å². The van der Waals surface area contributed by atoms with Gasteiger partial charge in [-0.05, 0) is 30.7 Å². The number of ether oxygens (including phenoxy) is 2. The van der Waals surface area contributed by atoms with Crippen LogP contribution >= 0.6 is 11.3 Å². The summed E-state index contributed by atoms with van der Waals surface area (Å²) in [5, 5.41) is 5.41. The molecule has 0 aliphatic carbocycles. The van der Waals surface area contributed by atoms with Crippen LogP contribution in [-0.4, -0.2) is 52.8 Å². The van der Waals surface area contributed by atoms with Crippen LogP contribution in [0.25, 0.3) is 11.3 Å². The topological polar surface area (TPSA) is 118 Å². The smallest absolute Gasteiger partial charge is 0.299 e. The molecule has 0 radical (unpaired) electrons. The molecule has 3 aromatic carbocycles. The highest BCUT2D eigenvalue weighted by molar-refractivity contribution is 7.09. The number of ketones is 1. The number of carbonyl (C=O) groups is 4. The highest BCUT2D eigenvalue weighted by Gasteiger charge is 2.39. The maximum Gasteiger partial charge on any atom is 0.299 e. The number of nitrogens with zero attached hydrogens (tertiary/aromatic N) is 3. The molecule has 0 bridgehead atoms. The van der Waals surface area contributed by atoms with Gasteiger partial charge in [-0.1, -0.05) is 49.4 Å². The summed E-state index contributed by atoms with van der Waals surface area (Å²) in [5.41, 5.74) is 2.81. The van der Waals surface area contributed by atoms with Gasteiger partial charge in [0.05, 0.1) is 23.5 Å². The Balaban J connectivity index is 1.28. The molecule has 0 saturated heterocycles. The Labute approximate surface area is 245 Å². The Kier molecular flexibility index (Phi) is 7.41. The van der Waals surface area contributed by atoms with Crippen LogP contribution < -0.4 is 19.7 Å². The van der Waals surface area contributed by atoms with Gasteiger partial charge in [-0.3, -0.25) is 24.1 Å². The number of Topliss-reactive ketones (excluding diaryl/α,β-unsaturated/α-hetero) is 1. The number of carbonyl (C=O) groups excluding carboxylic acids is 4. The first-order valence-electron chi connectivity index (χ1n) is 13.4. The maximum absolute atomic E-state index is 13.9. The van der Waals surface area contributed by atoms with E-state index in [2.05, 4.69) is 5.32 Å². The summed E-state index contributed by atoms with van der Waals surface area (Å²) >= 11 is 1.38. The molecule has 2 aliphatic rings. The van der Waals surface area contributed by atoms with Crippen molar-refractivity contribution in [2.45, 2.75) is 25.9 Å². The number of nitrogens with one attached hydrogen (secondary N) is 1. The van der Waals surface area contributed by atoms with E-state index in [1.165, 1.54) is 21.1 Å². The number of rotatable bonds is 9. The minimum Gasteiger partial charge on any atom is -0.454 e. The predicted octanol–water partition coefficient (Wildman–Crippen LogP) is 4.51. The zero-order chi connectivity index (χ0) is 29.2. The summed E-state index contributed by atoms with van der Waals surface area (Å²) in [4.78, 5) is 60.3. The lowest BCUT2D eigenvalue weighted by atomic mass is 10.1. The highest BCUT2D eigenvalue weighted by Crippen LogP contribution is 2.34. The molecule has 1 atom stereocenters. The van der Waals surface area contributed by atoms with Gasteiger partial charge in [-0.15, -0.1) is 11.3 Å². The monoisotopic (exact) mass is 582 g/mol. The van der Waals surface area contributed by atoms with Gasteiger partial charge in [0.1, 0.15) is 17.6 Å². The normalized spacial score (nSPS) is 14.1. The first-order valence-corrected chi connectivity index (χ1v) is 14.3. The average molecular weight is 583 g/mol. The molecule has 212 valence electrons. The van der Waals surface area contributed by atoms with E-state index in [9.17, 15) is 19.2 Å². The summed E-state index contributed by atoms with van der Waals surface area (Å²) in [6.07, 6.45) is 0.294. The molecular formula is C31H26N4O6S. The molecule has 1 aromatic heterocycles. The second kappa shape index (κ2) is 11.5. The largest absolute Gasteiger partial charge is 0.454 e. The third kappa shape index (κ3) is 5.21. The Bertz CT molecular complexity index is 1690. The molecule has 0 spiro atoms. The lowest BCUT2D eigenvalue weighted by Gasteiger charge is -2.31. The maximum atomic E-state index is 13.9. The van der Waals surface area contributed by atoms with Crippen molar-refractivity contribution in [1.82, 2.24) is 9.88 Å². The second-order valence-electron chi connectivity index (χ2n) is 9.73. The van der Waals surface area contributed by atoms with Gasteiger partial charge in [0.2, 0.25) is 18.6 Å². The van der Waals surface area contributed by atoms with Gasteiger partial charge >= 0.3 is 0 Å².